The first kappa shape index (κ1) is 21.3. The molecule has 6 rings (SSSR count). The van der Waals surface area contributed by atoms with Gasteiger partial charge in [0.2, 0.25) is 0 Å². The van der Waals surface area contributed by atoms with Gasteiger partial charge in [0.05, 0.1) is 6.61 Å². The highest BCUT2D eigenvalue weighted by Crippen LogP contribution is 2.30. The van der Waals surface area contributed by atoms with Crippen molar-refractivity contribution < 1.29 is 5.11 Å². The molecule has 0 saturated carbocycles. The number of benzene rings is 2. The van der Waals surface area contributed by atoms with Crippen LogP contribution in [0.3, 0.4) is 0 Å². The van der Waals surface area contributed by atoms with E-state index >= 15 is 0 Å². The summed E-state index contributed by atoms with van der Waals surface area (Å²) in [5.41, 5.74) is 8.03. The van der Waals surface area contributed by atoms with Crippen LogP contribution in [0.15, 0.2) is 48.8 Å². The van der Waals surface area contributed by atoms with Crippen LogP contribution in [-0.2, 0) is 19.3 Å². The van der Waals surface area contributed by atoms with Crippen LogP contribution in [0.2, 0.25) is 0 Å². The fraction of sp³-hybridized carbons (Fsp3) is 0.407. The number of aliphatic hydroxyl groups excluding tert-OH is 1. The highest BCUT2D eigenvalue weighted by atomic mass is 16.3. The summed E-state index contributed by atoms with van der Waals surface area (Å²) in [4.78, 5) is 6.70. The molecule has 3 atom stereocenters. The van der Waals surface area contributed by atoms with Gasteiger partial charge >= 0.3 is 0 Å². The molecule has 4 aromatic rings. The Balaban J connectivity index is 0.000000136. The molecule has 0 radical (unpaired) electrons. The Morgan fingerprint density at radius 2 is 1.47 bits per heavy atom. The van der Waals surface area contributed by atoms with E-state index in [1.807, 2.05) is 0 Å². The van der Waals surface area contributed by atoms with Gasteiger partial charge in [0.15, 0.2) is 0 Å². The van der Waals surface area contributed by atoms with Crippen molar-refractivity contribution in [3.05, 3.63) is 71.0 Å². The van der Waals surface area contributed by atoms with E-state index in [1.165, 1.54) is 44.1 Å². The second-order valence-electron chi connectivity index (χ2n) is 9.44. The molecule has 0 aliphatic carbocycles. The molecule has 2 aliphatic heterocycles. The maximum absolute atomic E-state index is 9.56. The van der Waals surface area contributed by atoms with Crippen LogP contribution in [0.1, 0.15) is 42.0 Å². The van der Waals surface area contributed by atoms with Gasteiger partial charge in [-0.1, -0.05) is 24.3 Å². The molecule has 5 nitrogen and oxygen atoms in total. The summed E-state index contributed by atoms with van der Waals surface area (Å²) in [5.74, 6) is 0.191. The molecular formula is C27H34N4O. The Hall–Kier alpha value is -2.60. The maximum atomic E-state index is 9.56. The molecule has 4 heterocycles. The molecule has 0 bridgehead atoms. The number of aromatic nitrogens is 2. The summed E-state index contributed by atoms with van der Waals surface area (Å²) >= 11 is 0. The van der Waals surface area contributed by atoms with Crippen molar-refractivity contribution in [2.45, 2.75) is 51.1 Å². The second-order valence-corrected chi connectivity index (χ2v) is 9.44. The van der Waals surface area contributed by atoms with Crippen LogP contribution in [0.4, 0.5) is 0 Å². The van der Waals surface area contributed by atoms with E-state index in [0.717, 1.165) is 32.4 Å². The first-order valence-electron chi connectivity index (χ1n) is 11.9. The number of aromatic amines is 2. The SMILES string of the molecule is CC1Cc2c[nH]c3cccc(c23)C(CO)CN1.CC1Cc2c[nH]c3cccc(c23)CCN1. The van der Waals surface area contributed by atoms with Crippen LogP contribution in [0, 0.1) is 0 Å². The summed E-state index contributed by atoms with van der Waals surface area (Å²) in [6.45, 7) is 6.59. The van der Waals surface area contributed by atoms with Gasteiger partial charge in [-0.2, -0.15) is 0 Å². The summed E-state index contributed by atoms with van der Waals surface area (Å²) < 4.78 is 0. The third kappa shape index (κ3) is 4.08. The average molecular weight is 431 g/mol. The monoisotopic (exact) mass is 430 g/mol. The standard InChI is InChI=1S/C14H18N2O.C13H16N2/c1-9-5-10-6-16-13-4-2-3-12(14(10)13)11(8-17)7-15-9;1-9-7-11-8-15-12-4-2-3-10(13(11)12)5-6-14-9/h2-4,6,9,11,15-17H,5,7-8H2,1H3;2-4,8-9,14-15H,5-7H2,1H3. The Morgan fingerprint density at radius 3 is 2.22 bits per heavy atom. The zero-order valence-corrected chi connectivity index (χ0v) is 19.0. The minimum atomic E-state index is 0.191. The minimum absolute atomic E-state index is 0.191. The lowest BCUT2D eigenvalue weighted by atomic mass is 9.91. The number of H-pyrrole nitrogens is 2. The molecule has 3 unspecified atom stereocenters. The largest absolute Gasteiger partial charge is 0.396 e. The predicted octanol–water partition coefficient (Wildman–Crippen LogP) is 4.02. The summed E-state index contributed by atoms with van der Waals surface area (Å²) in [6, 6.07) is 13.9. The molecular weight excluding hydrogens is 396 g/mol. The van der Waals surface area contributed by atoms with Crippen LogP contribution >= 0.6 is 0 Å². The van der Waals surface area contributed by atoms with Crippen molar-refractivity contribution in [2.24, 2.45) is 0 Å². The molecule has 2 aromatic carbocycles. The van der Waals surface area contributed by atoms with Crippen molar-refractivity contribution in [3.63, 3.8) is 0 Å². The lowest BCUT2D eigenvalue weighted by Crippen LogP contribution is -2.34. The number of aliphatic hydroxyl groups is 1. The summed E-state index contributed by atoms with van der Waals surface area (Å²) in [5, 5.41) is 19.4. The first-order chi connectivity index (χ1) is 15.6. The van der Waals surface area contributed by atoms with E-state index < -0.39 is 0 Å². The molecule has 2 aromatic heterocycles. The van der Waals surface area contributed by atoms with E-state index in [9.17, 15) is 5.11 Å². The average Bonchev–Trinajstić information content (AvgIpc) is 3.37. The van der Waals surface area contributed by atoms with E-state index in [4.69, 9.17) is 0 Å². The first-order valence-corrected chi connectivity index (χ1v) is 11.9. The van der Waals surface area contributed by atoms with Crippen molar-refractivity contribution in [2.75, 3.05) is 19.7 Å². The molecule has 0 saturated heterocycles. The normalized spacial score (nSPS) is 23.0. The van der Waals surface area contributed by atoms with Crippen LogP contribution in [0.25, 0.3) is 21.8 Å². The molecule has 0 spiro atoms. The van der Waals surface area contributed by atoms with Crippen LogP contribution in [-0.4, -0.2) is 46.9 Å². The van der Waals surface area contributed by atoms with Crippen LogP contribution < -0.4 is 10.6 Å². The summed E-state index contributed by atoms with van der Waals surface area (Å²) in [6.07, 6.45) is 7.56. The third-order valence-electron chi connectivity index (χ3n) is 7.01. The molecule has 0 fully saturated rings. The Kier molecular flexibility index (Phi) is 6.05. The Bertz CT molecular complexity index is 1210. The molecule has 2 aliphatic rings. The Labute approximate surface area is 189 Å². The van der Waals surface area contributed by atoms with Gasteiger partial charge in [0, 0.05) is 58.7 Å². The molecule has 5 heteroatoms. The minimum Gasteiger partial charge on any atom is -0.396 e. The zero-order chi connectivity index (χ0) is 22.1. The van der Waals surface area contributed by atoms with Crippen molar-refractivity contribution >= 4 is 21.8 Å². The van der Waals surface area contributed by atoms with Crippen LogP contribution in [0.5, 0.6) is 0 Å². The van der Waals surface area contributed by atoms with Gasteiger partial charge in [-0.15, -0.1) is 0 Å². The zero-order valence-electron chi connectivity index (χ0n) is 19.0. The van der Waals surface area contributed by atoms with E-state index in [-0.39, 0.29) is 12.5 Å². The number of rotatable bonds is 1. The lowest BCUT2D eigenvalue weighted by Gasteiger charge is -2.24. The van der Waals surface area contributed by atoms with E-state index in [1.54, 1.807) is 0 Å². The quantitative estimate of drug-likeness (QED) is 0.317. The van der Waals surface area contributed by atoms with Gasteiger partial charge in [0.1, 0.15) is 0 Å². The molecule has 168 valence electrons. The number of hydrogen-bond acceptors (Lipinski definition) is 3. The van der Waals surface area contributed by atoms with Crippen molar-refractivity contribution in [1.29, 1.82) is 0 Å². The van der Waals surface area contributed by atoms with Gasteiger partial charge in [-0.3, -0.25) is 0 Å². The van der Waals surface area contributed by atoms with Gasteiger partial charge in [-0.05, 0) is 74.0 Å². The smallest absolute Gasteiger partial charge is 0.0512 e. The lowest BCUT2D eigenvalue weighted by molar-refractivity contribution is 0.258. The predicted molar refractivity (Wildman–Crippen MR) is 132 cm³/mol. The molecule has 0 amide bonds. The van der Waals surface area contributed by atoms with Gasteiger partial charge in [0.25, 0.3) is 0 Å². The van der Waals surface area contributed by atoms with Gasteiger partial charge < -0.3 is 25.7 Å². The highest BCUT2D eigenvalue weighted by molar-refractivity contribution is 5.88. The topological polar surface area (TPSA) is 75.9 Å². The summed E-state index contributed by atoms with van der Waals surface area (Å²) in [7, 11) is 0. The molecule has 32 heavy (non-hydrogen) atoms. The number of nitrogens with one attached hydrogen (secondary N) is 4. The van der Waals surface area contributed by atoms with E-state index in [0.29, 0.717) is 12.1 Å². The van der Waals surface area contributed by atoms with E-state index in [2.05, 4.69) is 83.2 Å². The number of hydrogen-bond donors (Lipinski definition) is 5. The van der Waals surface area contributed by atoms with Gasteiger partial charge in [-0.25, -0.2) is 0 Å². The second kappa shape index (κ2) is 9.10. The van der Waals surface area contributed by atoms with Crippen molar-refractivity contribution in [1.82, 2.24) is 20.6 Å². The third-order valence-corrected chi connectivity index (χ3v) is 7.01. The highest BCUT2D eigenvalue weighted by Gasteiger charge is 2.21. The maximum Gasteiger partial charge on any atom is 0.0512 e. The fourth-order valence-electron chi connectivity index (χ4n) is 5.37. The molecule has 5 N–H and O–H groups in total. The fourth-order valence-corrected chi connectivity index (χ4v) is 5.37. The Morgan fingerprint density at radius 1 is 0.812 bits per heavy atom. The van der Waals surface area contributed by atoms with Crippen molar-refractivity contribution in [3.8, 4) is 0 Å².